The second-order valence-corrected chi connectivity index (χ2v) is 4.41. The molecule has 1 aliphatic rings. The van der Waals surface area contributed by atoms with Crippen molar-refractivity contribution in [3.05, 3.63) is 0 Å². The quantitative estimate of drug-likeness (QED) is 0.687. The molecule has 1 rings (SSSR count). The number of aliphatic hydroxyl groups excluding tert-OH is 1. The summed E-state index contributed by atoms with van der Waals surface area (Å²) in [6.07, 6.45) is 1.38. The van der Waals surface area contributed by atoms with Crippen LogP contribution in [0.5, 0.6) is 0 Å². The standard InChI is InChI=1S/C10H19NO3/c1-10(2,4-5-12)11-9(13)8-3-6-14-7-8/h8,12H,3-7H2,1-2H3,(H,11,13). The van der Waals surface area contributed by atoms with Crippen LogP contribution >= 0.6 is 0 Å². The molecule has 1 amide bonds. The van der Waals surface area contributed by atoms with Gasteiger partial charge >= 0.3 is 0 Å². The minimum absolute atomic E-state index is 0.00651. The lowest BCUT2D eigenvalue weighted by Crippen LogP contribution is -2.46. The van der Waals surface area contributed by atoms with Gasteiger partial charge < -0.3 is 15.2 Å². The molecule has 0 aliphatic carbocycles. The predicted molar refractivity (Wildman–Crippen MR) is 52.9 cm³/mol. The van der Waals surface area contributed by atoms with E-state index in [1.807, 2.05) is 13.8 Å². The summed E-state index contributed by atoms with van der Waals surface area (Å²) in [6.45, 7) is 5.13. The van der Waals surface area contributed by atoms with Crippen LogP contribution in [0.15, 0.2) is 0 Å². The molecule has 4 nitrogen and oxygen atoms in total. The molecule has 0 aromatic heterocycles. The Morgan fingerprint density at radius 1 is 1.64 bits per heavy atom. The van der Waals surface area contributed by atoms with Gasteiger partial charge in [0, 0.05) is 18.8 Å². The Balaban J connectivity index is 2.38. The van der Waals surface area contributed by atoms with Crippen molar-refractivity contribution in [2.45, 2.75) is 32.2 Å². The number of carbonyl (C=O) groups excluding carboxylic acids is 1. The van der Waals surface area contributed by atoms with Crippen molar-refractivity contribution in [1.82, 2.24) is 5.32 Å². The summed E-state index contributed by atoms with van der Waals surface area (Å²) in [5.41, 5.74) is -0.325. The topological polar surface area (TPSA) is 58.6 Å². The van der Waals surface area contributed by atoms with Crippen LogP contribution in [-0.2, 0) is 9.53 Å². The summed E-state index contributed by atoms with van der Waals surface area (Å²) in [7, 11) is 0. The summed E-state index contributed by atoms with van der Waals surface area (Å²) in [4.78, 5) is 11.7. The Bertz CT molecular complexity index is 198. The molecule has 0 spiro atoms. The van der Waals surface area contributed by atoms with E-state index in [-0.39, 0.29) is 24.0 Å². The number of aliphatic hydroxyl groups is 1. The van der Waals surface area contributed by atoms with Crippen LogP contribution in [0.25, 0.3) is 0 Å². The van der Waals surface area contributed by atoms with Crippen molar-refractivity contribution in [2.24, 2.45) is 5.92 Å². The Kier molecular flexibility index (Phi) is 3.89. The van der Waals surface area contributed by atoms with Gasteiger partial charge in [-0.2, -0.15) is 0 Å². The Morgan fingerprint density at radius 2 is 2.36 bits per heavy atom. The van der Waals surface area contributed by atoms with Gasteiger partial charge in [-0.05, 0) is 26.7 Å². The van der Waals surface area contributed by atoms with Gasteiger partial charge in [-0.25, -0.2) is 0 Å². The number of hydrogen-bond donors (Lipinski definition) is 2. The van der Waals surface area contributed by atoms with Crippen molar-refractivity contribution in [3.8, 4) is 0 Å². The number of amides is 1. The molecular formula is C10H19NO3. The van der Waals surface area contributed by atoms with E-state index >= 15 is 0 Å². The van der Waals surface area contributed by atoms with Gasteiger partial charge in [0.25, 0.3) is 0 Å². The van der Waals surface area contributed by atoms with Gasteiger partial charge in [0.15, 0.2) is 0 Å². The second-order valence-electron chi connectivity index (χ2n) is 4.41. The number of carbonyl (C=O) groups is 1. The predicted octanol–water partition coefficient (Wildman–Crippen LogP) is 0.300. The molecule has 0 radical (unpaired) electrons. The number of hydrogen-bond acceptors (Lipinski definition) is 3. The third kappa shape index (κ3) is 3.27. The van der Waals surface area contributed by atoms with Crippen LogP contribution in [0.3, 0.4) is 0 Å². The molecular weight excluding hydrogens is 182 g/mol. The SMILES string of the molecule is CC(C)(CCO)NC(=O)C1CCOC1. The van der Waals surface area contributed by atoms with Crippen molar-refractivity contribution in [2.75, 3.05) is 19.8 Å². The average molecular weight is 201 g/mol. The van der Waals surface area contributed by atoms with Crippen LogP contribution < -0.4 is 5.32 Å². The lowest BCUT2D eigenvalue weighted by Gasteiger charge is -2.26. The molecule has 1 aliphatic heterocycles. The first-order valence-corrected chi connectivity index (χ1v) is 5.06. The highest BCUT2D eigenvalue weighted by molar-refractivity contribution is 5.79. The summed E-state index contributed by atoms with van der Waals surface area (Å²) in [5.74, 6) is 0.0360. The molecule has 0 aromatic carbocycles. The van der Waals surface area contributed by atoms with Gasteiger partial charge in [-0.3, -0.25) is 4.79 Å². The molecule has 1 heterocycles. The molecule has 1 fully saturated rings. The molecule has 14 heavy (non-hydrogen) atoms. The van der Waals surface area contributed by atoms with Crippen molar-refractivity contribution < 1.29 is 14.6 Å². The maximum atomic E-state index is 11.7. The summed E-state index contributed by atoms with van der Waals surface area (Å²) in [6, 6.07) is 0. The highest BCUT2D eigenvalue weighted by atomic mass is 16.5. The van der Waals surface area contributed by atoms with Crippen LogP contribution in [0.2, 0.25) is 0 Å². The molecule has 0 bridgehead atoms. The van der Waals surface area contributed by atoms with Gasteiger partial charge in [-0.15, -0.1) is 0 Å². The van der Waals surface area contributed by atoms with E-state index in [1.54, 1.807) is 0 Å². The van der Waals surface area contributed by atoms with Gasteiger partial charge in [-0.1, -0.05) is 0 Å². The van der Waals surface area contributed by atoms with E-state index in [4.69, 9.17) is 9.84 Å². The Hall–Kier alpha value is -0.610. The smallest absolute Gasteiger partial charge is 0.225 e. The number of nitrogens with one attached hydrogen (secondary N) is 1. The number of ether oxygens (including phenoxy) is 1. The van der Waals surface area contributed by atoms with Crippen molar-refractivity contribution in [1.29, 1.82) is 0 Å². The first kappa shape index (κ1) is 11.5. The monoisotopic (exact) mass is 201 g/mol. The highest BCUT2D eigenvalue weighted by Gasteiger charge is 2.28. The number of rotatable bonds is 4. The molecule has 1 saturated heterocycles. The fraction of sp³-hybridized carbons (Fsp3) is 0.900. The van der Waals surface area contributed by atoms with E-state index in [9.17, 15) is 4.79 Å². The fourth-order valence-corrected chi connectivity index (χ4v) is 1.52. The van der Waals surface area contributed by atoms with Crippen molar-refractivity contribution >= 4 is 5.91 Å². The molecule has 0 aromatic rings. The molecule has 0 saturated carbocycles. The van der Waals surface area contributed by atoms with Crippen LogP contribution in [-0.4, -0.2) is 36.4 Å². The minimum atomic E-state index is -0.325. The minimum Gasteiger partial charge on any atom is -0.396 e. The zero-order chi connectivity index (χ0) is 10.6. The van der Waals surface area contributed by atoms with Crippen LogP contribution in [0.1, 0.15) is 26.7 Å². The molecule has 4 heteroatoms. The van der Waals surface area contributed by atoms with Crippen molar-refractivity contribution in [3.63, 3.8) is 0 Å². The maximum Gasteiger partial charge on any atom is 0.225 e. The zero-order valence-corrected chi connectivity index (χ0v) is 8.88. The fourth-order valence-electron chi connectivity index (χ4n) is 1.52. The maximum absolute atomic E-state index is 11.7. The van der Waals surface area contributed by atoms with Crippen LogP contribution in [0.4, 0.5) is 0 Å². The molecule has 82 valence electrons. The highest BCUT2D eigenvalue weighted by Crippen LogP contribution is 2.15. The zero-order valence-electron chi connectivity index (χ0n) is 8.88. The first-order valence-electron chi connectivity index (χ1n) is 5.06. The molecule has 1 atom stereocenters. The largest absolute Gasteiger partial charge is 0.396 e. The first-order chi connectivity index (χ1) is 6.55. The normalized spacial score (nSPS) is 22.4. The van der Waals surface area contributed by atoms with Gasteiger partial charge in [0.05, 0.1) is 12.5 Å². The third-order valence-corrected chi connectivity index (χ3v) is 2.50. The molecule has 2 N–H and O–H groups in total. The molecule has 1 unspecified atom stereocenters. The van der Waals surface area contributed by atoms with E-state index in [0.29, 0.717) is 19.6 Å². The van der Waals surface area contributed by atoms with Crippen LogP contribution in [0, 0.1) is 5.92 Å². The van der Waals surface area contributed by atoms with Gasteiger partial charge in [0.1, 0.15) is 0 Å². The summed E-state index contributed by atoms with van der Waals surface area (Å²) < 4.78 is 5.14. The third-order valence-electron chi connectivity index (χ3n) is 2.50. The lowest BCUT2D eigenvalue weighted by atomic mass is 9.99. The Labute approximate surface area is 84.6 Å². The van der Waals surface area contributed by atoms with Gasteiger partial charge in [0.2, 0.25) is 5.91 Å². The summed E-state index contributed by atoms with van der Waals surface area (Å²) in [5, 5.41) is 11.7. The van der Waals surface area contributed by atoms with E-state index in [2.05, 4.69) is 5.32 Å². The Morgan fingerprint density at radius 3 is 2.86 bits per heavy atom. The van der Waals surface area contributed by atoms with E-state index in [1.165, 1.54) is 0 Å². The van der Waals surface area contributed by atoms with E-state index < -0.39 is 0 Å². The average Bonchev–Trinajstić information content (AvgIpc) is 2.53. The second kappa shape index (κ2) is 4.75. The lowest BCUT2D eigenvalue weighted by molar-refractivity contribution is -0.126. The van der Waals surface area contributed by atoms with E-state index in [0.717, 1.165) is 6.42 Å². The summed E-state index contributed by atoms with van der Waals surface area (Å²) >= 11 is 0.